The number of hydrazine groups is 3. The number of carbonyl (C=O) groups excluding carboxylic acids is 1. The summed E-state index contributed by atoms with van der Waals surface area (Å²) < 4.78 is 40.1. The molecule has 0 unspecified atom stereocenters. The van der Waals surface area contributed by atoms with Crippen molar-refractivity contribution in [3.05, 3.63) is 59.7 Å². The molecule has 1 fully saturated rings. The van der Waals surface area contributed by atoms with Crippen LogP contribution in [0.4, 0.5) is 18.9 Å². The summed E-state index contributed by atoms with van der Waals surface area (Å²) >= 11 is 0. The van der Waals surface area contributed by atoms with Crippen LogP contribution in [0.5, 0.6) is 5.75 Å². The van der Waals surface area contributed by atoms with Gasteiger partial charge in [0.2, 0.25) is 0 Å². The average molecular weight is 353 g/mol. The molecule has 0 saturated carbocycles. The highest BCUT2D eigenvalue weighted by atomic mass is 19.4. The van der Waals surface area contributed by atoms with Crippen molar-refractivity contribution in [3.63, 3.8) is 0 Å². The van der Waals surface area contributed by atoms with E-state index in [0.29, 0.717) is 11.3 Å². The first-order valence-electron chi connectivity index (χ1n) is 7.19. The number of nitrogens with one attached hydrogen (secondary N) is 5. The molecule has 3 rings (SSSR count). The van der Waals surface area contributed by atoms with Crippen LogP contribution >= 0.6 is 0 Å². The van der Waals surface area contributed by atoms with Gasteiger partial charge in [0.15, 0.2) is 0 Å². The van der Waals surface area contributed by atoms with Gasteiger partial charge in [0.1, 0.15) is 11.9 Å². The van der Waals surface area contributed by atoms with Gasteiger partial charge in [-0.05, 0) is 42.0 Å². The Kier molecular flexibility index (Phi) is 4.86. The minimum Gasteiger partial charge on any atom is -0.406 e. The maximum Gasteiger partial charge on any atom is 0.573 e. The highest BCUT2D eigenvalue weighted by Crippen LogP contribution is 2.24. The number of hydrogen-bond acceptors (Lipinski definition) is 6. The van der Waals surface area contributed by atoms with E-state index >= 15 is 0 Å². The third kappa shape index (κ3) is 4.67. The highest BCUT2D eigenvalue weighted by molar-refractivity contribution is 6.04. The van der Waals surface area contributed by atoms with E-state index < -0.39 is 6.36 Å². The summed E-state index contributed by atoms with van der Waals surface area (Å²) in [5, 5.41) is 2.61. The third-order valence-corrected chi connectivity index (χ3v) is 3.35. The molecular formula is C15H14F3N5O2. The molecule has 132 valence electrons. The number of alkyl halides is 3. The lowest BCUT2D eigenvalue weighted by Crippen LogP contribution is -2.33. The maximum absolute atomic E-state index is 12.2. The summed E-state index contributed by atoms with van der Waals surface area (Å²) in [4.78, 5) is 12.2. The normalized spacial score (nSPS) is 15.2. The van der Waals surface area contributed by atoms with Crippen molar-refractivity contribution in [2.75, 3.05) is 5.32 Å². The van der Waals surface area contributed by atoms with Crippen molar-refractivity contribution >= 4 is 11.6 Å². The zero-order valence-electron chi connectivity index (χ0n) is 12.6. The molecule has 0 radical (unpaired) electrons. The molecule has 1 aliphatic rings. The van der Waals surface area contributed by atoms with Crippen LogP contribution in [-0.4, -0.2) is 12.3 Å². The molecule has 25 heavy (non-hydrogen) atoms. The van der Waals surface area contributed by atoms with Crippen LogP contribution in [0.15, 0.2) is 48.5 Å². The lowest BCUT2D eigenvalue weighted by Gasteiger charge is -2.11. The predicted molar refractivity (Wildman–Crippen MR) is 82.8 cm³/mol. The van der Waals surface area contributed by atoms with Crippen molar-refractivity contribution in [1.29, 1.82) is 0 Å². The summed E-state index contributed by atoms with van der Waals surface area (Å²) in [6.07, 6.45) is -4.89. The number of anilines is 1. The minimum atomic E-state index is -4.75. The van der Waals surface area contributed by atoms with Gasteiger partial charge in [0.05, 0.1) is 0 Å². The second kappa shape index (κ2) is 7.07. The van der Waals surface area contributed by atoms with E-state index in [2.05, 4.69) is 32.0 Å². The molecule has 1 heterocycles. The number of ether oxygens (including phenoxy) is 1. The molecular weight excluding hydrogens is 339 g/mol. The number of hydrogen-bond donors (Lipinski definition) is 5. The SMILES string of the molecule is O=C(Nc1ccc(OC(F)(F)F)cc1)c1ccc(C2NNNN2)cc1. The molecule has 1 amide bonds. The molecule has 7 nitrogen and oxygen atoms in total. The molecule has 1 saturated heterocycles. The maximum atomic E-state index is 12.2. The predicted octanol–water partition coefficient (Wildman–Crippen LogP) is 1.95. The smallest absolute Gasteiger partial charge is 0.406 e. The molecule has 1 aliphatic heterocycles. The van der Waals surface area contributed by atoms with E-state index in [-0.39, 0.29) is 17.8 Å². The van der Waals surface area contributed by atoms with Crippen LogP contribution in [-0.2, 0) is 0 Å². The first kappa shape index (κ1) is 17.2. The summed E-state index contributed by atoms with van der Waals surface area (Å²) in [6, 6.07) is 11.8. The van der Waals surface area contributed by atoms with Crippen LogP contribution in [0, 0.1) is 0 Å². The molecule has 0 bridgehead atoms. The largest absolute Gasteiger partial charge is 0.573 e. The lowest BCUT2D eigenvalue weighted by molar-refractivity contribution is -0.274. The van der Waals surface area contributed by atoms with Gasteiger partial charge in [-0.25, -0.2) is 10.9 Å². The van der Waals surface area contributed by atoms with Gasteiger partial charge in [-0.2, -0.15) is 11.1 Å². The first-order chi connectivity index (χ1) is 11.9. The molecule has 5 N–H and O–H groups in total. The first-order valence-corrected chi connectivity index (χ1v) is 7.19. The molecule has 0 aliphatic carbocycles. The number of rotatable bonds is 4. The molecule has 2 aromatic carbocycles. The quantitative estimate of drug-likeness (QED) is 0.578. The van der Waals surface area contributed by atoms with Gasteiger partial charge in [-0.1, -0.05) is 12.1 Å². The number of carbonyl (C=O) groups is 1. The second-order valence-corrected chi connectivity index (χ2v) is 5.12. The molecule has 0 aromatic heterocycles. The fraction of sp³-hybridized carbons (Fsp3) is 0.133. The van der Waals surface area contributed by atoms with Crippen LogP contribution in [0.25, 0.3) is 0 Å². The summed E-state index contributed by atoms with van der Waals surface area (Å²) in [7, 11) is 0. The number of halogens is 3. The summed E-state index contributed by atoms with van der Waals surface area (Å²) in [5.41, 5.74) is 12.9. The van der Waals surface area contributed by atoms with Crippen molar-refractivity contribution < 1.29 is 22.7 Å². The van der Waals surface area contributed by atoms with Crippen molar-refractivity contribution in [1.82, 2.24) is 21.9 Å². The number of benzene rings is 2. The van der Waals surface area contributed by atoms with E-state index in [4.69, 9.17) is 0 Å². The molecule has 0 spiro atoms. The number of amides is 1. The Morgan fingerprint density at radius 2 is 1.56 bits per heavy atom. The second-order valence-electron chi connectivity index (χ2n) is 5.12. The standard InChI is InChI=1S/C15H14F3N5O2/c16-15(17,18)25-12-7-5-11(6-8-12)19-14(24)10-3-1-9(2-4-10)13-20-22-23-21-13/h1-8,13,20-23H,(H,19,24). The Balaban J connectivity index is 1.61. The molecule has 10 heteroatoms. The zero-order valence-corrected chi connectivity index (χ0v) is 12.6. The highest BCUT2D eigenvalue weighted by Gasteiger charge is 2.30. The van der Waals surface area contributed by atoms with Crippen molar-refractivity contribution in [2.24, 2.45) is 0 Å². The Morgan fingerprint density at radius 3 is 2.12 bits per heavy atom. The van der Waals surface area contributed by atoms with Crippen LogP contribution in [0.1, 0.15) is 22.1 Å². The van der Waals surface area contributed by atoms with Gasteiger partial charge in [-0.15, -0.1) is 13.2 Å². The molecule has 0 atom stereocenters. The van der Waals surface area contributed by atoms with Gasteiger partial charge >= 0.3 is 6.36 Å². The topological polar surface area (TPSA) is 86.5 Å². The van der Waals surface area contributed by atoms with Gasteiger partial charge < -0.3 is 10.1 Å². The molecule has 2 aromatic rings. The van der Waals surface area contributed by atoms with E-state index in [1.807, 2.05) is 0 Å². The van der Waals surface area contributed by atoms with Crippen LogP contribution < -0.4 is 32.0 Å². The third-order valence-electron chi connectivity index (χ3n) is 3.35. The fourth-order valence-corrected chi connectivity index (χ4v) is 2.19. The Bertz CT molecular complexity index is 728. The Hall–Kier alpha value is -2.66. The van der Waals surface area contributed by atoms with E-state index in [1.165, 1.54) is 12.1 Å². The minimum absolute atomic E-state index is 0.140. The monoisotopic (exact) mass is 353 g/mol. The summed E-state index contributed by atoms with van der Waals surface area (Å²) in [6.45, 7) is 0. The Labute approximate surface area is 140 Å². The van der Waals surface area contributed by atoms with Crippen LogP contribution in [0.2, 0.25) is 0 Å². The van der Waals surface area contributed by atoms with Crippen LogP contribution in [0.3, 0.4) is 0 Å². The fourth-order valence-electron chi connectivity index (χ4n) is 2.19. The van der Waals surface area contributed by atoms with Crippen molar-refractivity contribution in [2.45, 2.75) is 12.5 Å². The Morgan fingerprint density at radius 1 is 0.960 bits per heavy atom. The zero-order chi connectivity index (χ0) is 17.9. The van der Waals surface area contributed by atoms with Gasteiger partial charge in [-0.3, -0.25) is 4.79 Å². The van der Waals surface area contributed by atoms with E-state index in [0.717, 1.165) is 17.7 Å². The van der Waals surface area contributed by atoms with E-state index in [1.54, 1.807) is 24.3 Å². The van der Waals surface area contributed by atoms with E-state index in [9.17, 15) is 18.0 Å². The van der Waals surface area contributed by atoms with Gasteiger partial charge in [0, 0.05) is 11.3 Å². The summed E-state index contributed by atoms with van der Waals surface area (Å²) in [5.74, 6) is -0.728. The van der Waals surface area contributed by atoms with Gasteiger partial charge in [0.25, 0.3) is 5.91 Å². The lowest BCUT2D eigenvalue weighted by atomic mass is 10.1. The van der Waals surface area contributed by atoms with Crippen molar-refractivity contribution in [3.8, 4) is 5.75 Å². The average Bonchev–Trinajstić information content (AvgIpc) is 3.10.